The van der Waals surface area contributed by atoms with E-state index in [0.717, 1.165) is 4.43 Å². The third kappa shape index (κ3) is 9.00. The van der Waals surface area contributed by atoms with E-state index in [4.69, 9.17) is 0 Å². The molecular formula is C6H10F3IO3S. The average Bonchev–Trinajstić information content (AvgIpc) is 2.00. The Morgan fingerprint density at radius 1 is 1.21 bits per heavy atom. The van der Waals surface area contributed by atoms with Crippen LogP contribution in [0.15, 0.2) is 0 Å². The smallest absolute Gasteiger partial charge is 0.261 e. The Bertz CT molecular complexity index is 250. The molecule has 0 bridgehead atoms. The van der Waals surface area contributed by atoms with Gasteiger partial charge >= 0.3 is 6.18 Å². The number of hydrogen-bond donors (Lipinski definition) is 0. The molecule has 0 atom stereocenters. The Morgan fingerprint density at radius 2 is 1.79 bits per heavy atom. The van der Waals surface area contributed by atoms with Crippen molar-refractivity contribution in [3.05, 3.63) is 0 Å². The van der Waals surface area contributed by atoms with Crippen molar-refractivity contribution in [3.63, 3.8) is 0 Å². The summed E-state index contributed by atoms with van der Waals surface area (Å²) in [7, 11) is -4.01. The summed E-state index contributed by atoms with van der Waals surface area (Å²) >= 11 is 2.06. The molecule has 0 N–H and O–H groups in total. The molecular weight excluding hydrogens is 336 g/mol. The minimum atomic E-state index is -4.60. The molecule has 0 aliphatic rings. The van der Waals surface area contributed by atoms with Crippen molar-refractivity contribution < 1.29 is 25.8 Å². The number of alkyl halides is 4. The molecule has 0 heterocycles. The average molecular weight is 346 g/mol. The molecule has 0 amide bonds. The molecule has 0 aliphatic heterocycles. The first-order chi connectivity index (χ1) is 6.27. The largest absolute Gasteiger partial charge is 0.413 e. The standard InChI is InChI=1S/C6H10F3IO3S/c7-6(8,9)5-13-14(11,12)4-2-1-3-10/h1-5H2. The third-order valence-electron chi connectivity index (χ3n) is 1.18. The van der Waals surface area contributed by atoms with Crippen LogP contribution in [0.25, 0.3) is 0 Å². The highest BCUT2D eigenvalue weighted by Crippen LogP contribution is 2.16. The van der Waals surface area contributed by atoms with Crippen LogP contribution < -0.4 is 0 Å². The number of rotatable bonds is 6. The van der Waals surface area contributed by atoms with Gasteiger partial charge < -0.3 is 0 Å². The highest BCUT2D eigenvalue weighted by molar-refractivity contribution is 14.1. The van der Waals surface area contributed by atoms with Crippen molar-refractivity contribution in [2.24, 2.45) is 0 Å². The van der Waals surface area contributed by atoms with Crippen molar-refractivity contribution >= 4 is 32.7 Å². The van der Waals surface area contributed by atoms with Gasteiger partial charge in [-0.25, -0.2) is 0 Å². The number of hydrogen-bond acceptors (Lipinski definition) is 3. The fourth-order valence-corrected chi connectivity index (χ4v) is 2.12. The topological polar surface area (TPSA) is 43.4 Å². The van der Waals surface area contributed by atoms with Crippen LogP contribution in [0.2, 0.25) is 0 Å². The van der Waals surface area contributed by atoms with E-state index in [1.54, 1.807) is 0 Å². The molecule has 0 aromatic carbocycles. The van der Waals surface area contributed by atoms with Crippen LogP contribution in [-0.2, 0) is 14.3 Å². The lowest BCUT2D eigenvalue weighted by molar-refractivity contribution is -0.152. The van der Waals surface area contributed by atoms with E-state index in [1.807, 2.05) is 0 Å². The normalized spacial score (nSPS) is 13.1. The Labute approximate surface area is 94.3 Å². The molecule has 0 rings (SSSR count). The summed E-state index contributed by atoms with van der Waals surface area (Å²) < 4.78 is 61.0. The van der Waals surface area contributed by atoms with Gasteiger partial charge in [-0.3, -0.25) is 4.18 Å². The summed E-state index contributed by atoms with van der Waals surface area (Å²) in [6.45, 7) is -1.74. The first kappa shape index (κ1) is 14.4. The fraction of sp³-hybridized carbons (Fsp3) is 1.00. The van der Waals surface area contributed by atoms with Crippen LogP contribution in [-0.4, -0.2) is 31.4 Å². The Morgan fingerprint density at radius 3 is 2.21 bits per heavy atom. The predicted octanol–water partition coefficient (Wildman–Crippen LogP) is 2.11. The lowest BCUT2D eigenvalue weighted by Gasteiger charge is -2.07. The molecule has 3 nitrogen and oxygen atoms in total. The van der Waals surface area contributed by atoms with Gasteiger partial charge in [0.05, 0.1) is 5.75 Å². The minimum absolute atomic E-state index is 0.323. The monoisotopic (exact) mass is 346 g/mol. The molecule has 0 saturated carbocycles. The summed E-state index contributed by atoms with van der Waals surface area (Å²) in [5, 5.41) is 0. The molecule has 0 fully saturated rings. The first-order valence-electron chi connectivity index (χ1n) is 3.77. The SMILES string of the molecule is O=S(=O)(CCCCI)OCC(F)(F)F. The van der Waals surface area contributed by atoms with E-state index in [9.17, 15) is 21.6 Å². The van der Waals surface area contributed by atoms with Crippen LogP contribution in [0.1, 0.15) is 12.8 Å². The second kappa shape index (κ2) is 6.11. The van der Waals surface area contributed by atoms with E-state index >= 15 is 0 Å². The van der Waals surface area contributed by atoms with Crippen molar-refractivity contribution in [2.75, 3.05) is 16.8 Å². The third-order valence-corrected chi connectivity index (χ3v) is 3.21. The van der Waals surface area contributed by atoms with Crippen molar-refractivity contribution in [1.82, 2.24) is 0 Å². The zero-order chi connectivity index (χ0) is 11.2. The highest BCUT2D eigenvalue weighted by Gasteiger charge is 2.30. The van der Waals surface area contributed by atoms with Gasteiger partial charge in [-0.1, -0.05) is 22.6 Å². The molecule has 0 aromatic heterocycles. The maximum Gasteiger partial charge on any atom is 0.413 e. The van der Waals surface area contributed by atoms with Crippen LogP contribution >= 0.6 is 22.6 Å². The van der Waals surface area contributed by atoms with Gasteiger partial charge in [-0.15, -0.1) is 0 Å². The van der Waals surface area contributed by atoms with Gasteiger partial charge in [0.2, 0.25) is 0 Å². The summed E-state index contributed by atoms with van der Waals surface area (Å²) in [6.07, 6.45) is -3.63. The summed E-state index contributed by atoms with van der Waals surface area (Å²) in [5.74, 6) is -0.355. The molecule has 0 aliphatic carbocycles. The van der Waals surface area contributed by atoms with E-state index in [2.05, 4.69) is 26.8 Å². The Balaban J connectivity index is 3.85. The molecule has 0 aromatic rings. The van der Waals surface area contributed by atoms with E-state index in [1.165, 1.54) is 0 Å². The van der Waals surface area contributed by atoms with Gasteiger partial charge in [-0.2, -0.15) is 21.6 Å². The first-order valence-corrected chi connectivity index (χ1v) is 6.87. The lowest BCUT2D eigenvalue weighted by atomic mass is 10.4. The van der Waals surface area contributed by atoms with Gasteiger partial charge in [-0.05, 0) is 17.3 Å². The zero-order valence-corrected chi connectivity index (χ0v) is 10.2. The van der Waals surface area contributed by atoms with E-state index < -0.39 is 22.9 Å². The van der Waals surface area contributed by atoms with E-state index in [-0.39, 0.29) is 5.75 Å². The quantitative estimate of drug-likeness (QED) is 0.320. The van der Waals surface area contributed by atoms with Crippen molar-refractivity contribution in [3.8, 4) is 0 Å². The molecule has 8 heteroatoms. The van der Waals surface area contributed by atoms with Gasteiger partial charge in [0.1, 0.15) is 0 Å². The van der Waals surface area contributed by atoms with Gasteiger partial charge in [0.25, 0.3) is 10.1 Å². The highest BCUT2D eigenvalue weighted by atomic mass is 127. The second-order valence-electron chi connectivity index (χ2n) is 2.54. The maximum atomic E-state index is 11.6. The summed E-state index contributed by atoms with van der Waals surface area (Å²) in [4.78, 5) is 0. The number of halogens is 4. The minimum Gasteiger partial charge on any atom is -0.261 e. The molecule has 0 radical (unpaired) electrons. The van der Waals surface area contributed by atoms with Crippen molar-refractivity contribution in [2.45, 2.75) is 19.0 Å². The number of unbranched alkanes of at least 4 members (excludes halogenated alkanes) is 1. The Hall–Kier alpha value is 0.430. The summed E-state index contributed by atoms with van der Waals surface area (Å²) in [5.41, 5.74) is 0. The van der Waals surface area contributed by atoms with Crippen LogP contribution in [0.3, 0.4) is 0 Å². The van der Waals surface area contributed by atoms with Crippen LogP contribution in [0.4, 0.5) is 13.2 Å². The molecule has 86 valence electrons. The molecule has 0 unspecified atom stereocenters. The zero-order valence-electron chi connectivity index (χ0n) is 7.18. The van der Waals surface area contributed by atoms with E-state index in [0.29, 0.717) is 12.8 Å². The summed E-state index contributed by atoms with van der Waals surface area (Å²) in [6, 6.07) is 0. The lowest BCUT2D eigenvalue weighted by Crippen LogP contribution is -2.22. The molecule has 0 spiro atoms. The van der Waals surface area contributed by atoms with Crippen molar-refractivity contribution in [1.29, 1.82) is 0 Å². The molecule has 14 heavy (non-hydrogen) atoms. The second-order valence-corrected chi connectivity index (χ2v) is 5.37. The maximum absolute atomic E-state index is 11.6. The van der Waals surface area contributed by atoms with Crippen LogP contribution in [0.5, 0.6) is 0 Å². The fourth-order valence-electron chi connectivity index (χ4n) is 0.589. The predicted molar refractivity (Wildman–Crippen MR) is 53.9 cm³/mol. The molecule has 0 saturated heterocycles. The van der Waals surface area contributed by atoms with Gasteiger partial charge in [0.15, 0.2) is 6.61 Å². The van der Waals surface area contributed by atoms with Gasteiger partial charge in [0, 0.05) is 0 Å². The van der Waals surface area contributed by atoms with Crippen LogP contribution in [0, 0.1) is 0 Å². The Kier molecular flexibility index (Phi) is 6.30.